The lowest BCUT2D eigenvalue weighted by molar-refractivity contribution is -0.140. The number of carbonyl (C=O) groups excluding carboxylic acids is 1. The van der Waals surface area contributed by atoms with E-state index in [4.69, 9.17) is 4.74 Å². The Morgan fingerprint density at radius 1 is 1.40 bits per heavy atom. The van der Waals surface area contributed by atoms with Crippen LogP contribution in [0, 0.1) is 0 Å². The van der Waals surface area contributed by atoms with Crippen LogP contribution in [0.3, 0.4) is 0 Å². The van der Waals surface area contributed by atoms with Crippen LogP contribution in [-0.4, -0.2) is 49.2 Å². The fraction of sp³-hybridized carbons (Fsp3) is 0.909. The summed E-state index contributed by atoms with van der Waals surface area (Å²) in [5.41, 5.74) is 0. The highest BCUT2D eigenvalue weighted by Crippen LogP contribution is 2.12. The van der Waals surface area contributed by atoms with Crippen molar-refractivity contribution < 1.29 is 9.53 Å². The zero-order chi connectivity index (χ0) is 11.3. The third-order valence-electron chi connectivity index (χ3n) is 2.91. The normalized spacial score (nSPS) is 26.9. The zero-order valence-electron chi connectivity index (χ0n) is 9.95. The van der Waals surface area contributed by atoms with Crippen molar-refractivity contribution in [2.24, 2.45) is 0 Å². The maximum absolute atomic E-state index is 11.7. The molecule has 2 unspecified atom stereocenters. The summed E-state index contributed by atoms with van der Waals surface area (Å²) in [6.45, 7) is 9.43. The molecule has 0 aliphatic carbocycles. The van der Waals surface area contributed by atoms with Gasteiger partial charge >= 0.3 is 0 Å². The molecule has 1 heterocycles. The van der Waals surface area contributed by atoms with Crippen LogP contribution in [0.1, 0.15) is 27.2 Å². The number of ether oxygens (including phenoxy) is 1. The highest BCUT2D eigenvalue weighted by molar-refractivity contribution is 5.83. The molecule has 4 heteroatoms. The van der Waals surface area contributed by atoms with Gasteiger partial charge in [-0.2, -0.15) is 0 Å². The van der Waals surface area contributed by atoms with E-state index in [1.165, 1.54) is 0 Å². The largest absolute Gasteiger partial charge is 0.366 e. The monoisotopic (exact) mass is 214 g/mol. The number of nitrogens with zero attached hydrogens (tertiary/aromatic N) is 1. The molecule has 1 N–H and O–H groups in total. The maximum Gasteiger partial charge on any atom is 0.164 e. The van der Waals surface area contributed by atoms with E-state index in [2.05, 4.69) is 24.1 Å². The molecule has 0 spiro atoms. The van der Waals surface area contributed by atoms with Gasteiger partial charge in [0.05, 0.1) is 12.8 Å². The predicted molar refractivity (Wildman–Crippen MR) is 59.7 cm³/mol. The third-order valence-corrected chi connectivity index (χ3v) is 2.91. The molecule has 1 aliphatic heterocycles. The van der Waals surface area contributed by atoms with E-state index < -0.39 is 0 Å². The van der Waals surface area contributed by atoms with Crippen molar-refractivity contribution in [3.63, 3.8) is 0 Å². The molecular weight excluding hydrogens is 192 g/mol. The Hall–Kier alpha value is -0.450. The summed E-state index contributed by atoms with van der Waals surface area (Å²) in [7, 11) is 0. The molecule has 1 rings (SSSR count). The molecule has 1 saturated heterocycles. The van der Waals surface area contributed by atoms with Gasteiger partial charge in [-0.3, -0.25) is 15.0 Å². The van der Waals surface area contributed by atoms with Gasteiger partial charge in [0, 0.05) is 13.0 Å². The minimum absolute atomic E-state index is 0.0567. The van der Waals surface area contributed by atoms with Crippen LogP contribution in [0.5, 0.6) is 0 Å². The molecule has 0 aromatic rings. The first-order valence-corrected chi connectivity index (χ1v) is 5.86. The zero-order valence-corrected chi connectivity index (χ0v) is 9.95. The second-order valence-corrected chi connectivity index (χ2v) is 3.73. The van der Waals surface area contributed by atoms with E-state index in [-0.39, 0.29) is 18.1 Å². The molecule has 15 heavy (non-hydrogen) atoms. The van der Waals surface area contributed by atoms with Crippen LogP contribution in [-0.2, 0) is 9.53 Å². The minimum atomic E-state index is -0.288. The second-order valence-electron chi connectivity index (χ2n) is 3.73. The van der Waals surface area contributed by atoms with E-state index in [0.717, 1.165) is 19.6 Å². The summed E-state index contributed by atoms with van der Waals surface area (Å²) in [4.78, 5) is 14.0. The number of Topliss-reactive ketones (excluding diaryl/α,β-unsaturated/α-hetero) is 1. The van der Waals surface area contributed by atoms with Crippen molar-refractivity contribution in [3.05, 3.63) is 0 Å². The first-order valence-electron chi connectivity index (χ1n) is 5.86. The number of hydrogen-bond acceptors (Lipinski definition) is 4. The Balaban J connectivity index is 2.68. The number of morpholine rings is 1. The number of ketones is 1. The van der Waals surface area contributed by atoms with Crippen LogP contribution >= 0.6 is 0 Å². The minimum Gasteiger partial charge on any atom is -0.366 e. The standard InChI is InChI=1S/C11H22N2O2/c1-4-9(14)10-11(12-7-8-15-10)13(5-2)6-3/h10-12H,4-8H2,1-3H3. The van der Waals surface area contributed by atoms with Crippen molar-refractivity contribution in [3.8, 4) is 0 Å². The van der Waals surface area contributed by atoms with E-state index in [1.807, 2.05) is 6.92 Å². The molecule has 0 aromatic carbocycles. The van der Waals surface area contributed by atoms with Gasteiger partial charge in [-0.15, -0.1) is 0 Å². The lowest BCUT2D eigenvalue weighted by Crippen LogP contribution is -2.60. The lowest BCUT2D eigenvalue weighted by Gasteiger charge is -2.38. The Kier molecular flexibility index (Phi) is 5.22. The molecule has 0 amide bonds. The van der Waals surface area contributed by atoms with Gasteiger partial charge in [0.15, 0.2) is 5.78 Å². The SMILES string of the molecule is CCC(=O)C1OCCNC1N(CC)CC. The van der Waals surface area contributed by atoms with Crippen molar-refractivity contribution in [1.82, 2.24) is 10.2 Å². The van der Waals surface area contributed by atoms with Gasteiger partial charge in [-0.05, 0) is 13.1 Å². The Morgan fingerprint density at radius 3 is 2.60 bits per heavy atom. The van der Waals surface area contributed by atoms with Crippen LogP contribution in [0.2, 0.25) is 0 Å². The molecule has 4 nitrogen and oxygen atoms in total. The predicted octanol–water partition coefficient (Wildman–Crippen LogP) is 0.622. The van der Waals surface area contributed by atoms with Crippen molar-refractivity contribution in [2.45, 2.75) is 39.5 Å². The fourth-order valence-electron chi connectivity index (χ4n) is 2.00. The quantitative estimate of drug-likeness (QED) is 0.728. The van der Waals surface area contributed by atoms with Crippen molar-refractivity contribution >= 4 is 5.78 Å². The molecular formula is C11H22N2O2. The summed E-state index contributed by atoms with van der Waals surface area (Å²) < 4.78 is 5.57. The number of carbonyl (C=O) groups is 1. The van der Waals surface area contributed by atoms with Gasteiger partial charge in [0.2, 0.25) is 0 Å². The smallest absolute Gasteiger partial charge is 0.164 e. The van der Waals surface area contributed by atoms with E-state index in [1.54, 1.807) is 0 Å². The molecule has 1 fully saturated rings. The van der Waals surface area contributed by atoms with Crippen LogP contribution in [0.4, 0.5) is 0 Å². The summed E-state index contributed by atoms with van der Waals surface area (Å²) >= 11 is 0. The summed E-state index contributed by atoms with van der Waals surface area (Å²) in [6, 6.07) is 0. The molecule has 0 saturated carbocycles. The van der Waals surface area contributed by atoms with E-state index >= 15 is 0 Å². The van der Waals surface area contributed by atoms with Gasteiger partial charge < -0.3 is 4.74 Å². The molecule has 1 aliphatic rings. The van der Waals surface area contributed by atoms with Gasteiger partial charge in [-0.1, -0.05) is 20.8 Å². The maximum atomic E-state index is 11.7. The first kappa shape index (κ1) is 12.6. The van der Waals surface area contributed by atoms with Crippen LogP contribution in [0.15, 0.2) is 0 Å². The number of hydrogen-bond donors (Lipinski definition) is 1. The van der Waals surface area contributed by atoms with Gasteiger partial charge in [0.1, 0.15) is 6.10 Å². The molecule has 0 aromatic heterocycles. The molecule has 88 valence electrons. The third kappa shape index (κ3) is 3.00. The van der Waals surface area contributed by atoms with Gasteiger partial charge in [-0.25, -0.2) is 0 Å². The average Bonchev–Trinajstić information content (AvgIpc) is 2.30. The Bertz CT molecular complexity index is 205. The Morgan fingerprint density at radius 2 is 2.07 bits per heavy atom. The van der Waals surface area contributed by atoms with E-state index in [0.29, 0.717) is 13.0 Å². The highest BCUT2D eigenvalue weighted by atomic mass is 16.5. The molecule has 0 bridgehead atoms. The second kappa shape index (κ2) is 6.20. The highest BCUT2D eigenvalue weighted by Gasteiger charge is 2.33. The lowest BCUT2D eigenvalue weighted by atomic mass is 10.1. The molecule has 2 atom stereocenters. The number of likely N-dealkylation sites (N-methyl/N-ethyl adjacent to an activating group) is 1. The summed E-state index contributed by atoms with van der Waals surface area (Å²) in [5, 5.41) is 3.37. The fourth-order valence-corrected chi connectivity index (χ4v) is 2.00. The van der Waals surface area contributed by atoms with Gasteiger partial charge in [0.25, 0.3) is 0 Å². The number of rotatable bonds is 5. The van der Waals surface area contributed by atoms with Crippen molar-refractivity contribution in [1.29, 1.82) is 0 Å². The topological polar surface area (TPSA) is 41.6 Å². The first-order chi connectivity index (χ1) is 7.24. The van der Waals surface area contributed by atoms with Crippen LogP contribution < -0.4 is 5.32 Å². The summed E-state index contributed by atoms with van der Waals surface area (Å²) in [6.07, 6.45) is 0.314. The average molecular weight is 214 g/mol. The summed E-state index contributed by atoms with van der Waals surface area (Å²) in [5.74, 6) is 0.194. The number of nitrogens with one attached hydrogen (secondary N) is 1. The Labute approximate surface area is 92.0 Å². The van der Waals surface area contributed by atoms with Crippen molar-refractivity contribution in [2.75, 3.05) is 26.2 Å². The molecule has 0 radical (unpaired) electrons. The van der Waals surface area contributed by atoms with Crippen LogP contribution in [0.25, 0.3) is 0 Å². The van der Waals surface area contributed by atoms with E-state index in [9.17, 15) is 4.79 Å².